The van der Waals surface area contributed by atoms with Gasteiger partial charge in [-0.05, 0) is 36.8 Å². The maximum Gasteiger partial charge on any atom is 0.264 e. The first-order valence-electron chi connectivity index (χ1n) is 8.28. The molecule has 154 valence electrons. The highest BCUT2D eigenvalue weighted by Crippen LogP contribution is 2.30. The highest BCUT2D eigenvalue weighted by atomic mass is 35.5. The number of hydrogen-bond donors (Lipinski definition) is 2. The van der Waals surface area contributed by atoms with E-state index in [0.29, 0.717) is 11.3 Å². The summed E-state index contributed by atoms with van der Waals surface area (Å²) in [5, 5.41) is 2.62. The van der Waals surface area contributed by atoms with Crippen molar-refractivity contribution in [1.82, 2.24) is 15.0 Å². The Kier molecular flexibility index (Phi) is 5.85. The van der Waals surface area contributed by atoms with Crippen LogP contribution in [0.25, 0.3) is 0 Å². The molecule has 0 bridgehead atoms. The molecule has 29 heavy (non-hydrogen) atoms. The molecule has 1 atom stereocenters. The number of hydrogen-bond acceptors (Lipinski definition) is 5. The number of imidazole rings is 1. The quantitative estimate of drug-likeness (QED) is 0.586. The molecule has 2 N–H and O–H groups in total. The number of alkyl halides is 2. The Morgan fingerprint density at radius 2 is 1.90 bits per heavy atom. The lowest BCUT2D eigenvalue weighted by Gasteiger charge is -2.19. The molecule has 2 aromatic heterocycles. The second-order valence-corrected chi connectivity index (χ2v) is 8.69. The molecule has 3 aromatic rings. The third-order valence-corrected chi connectivity index (χ3v) is 5.48. The van der Waals surface area contributed by atoms with Crippen molar-refractivity contribution in [3.8, 4) is 0 Å². The van der Waals surface area contributed by atoms with Gasteiger partial charge >= 0.3 is 0 Å². The topological polar surface area (TPSA) is 87.7 Å². The molecule has 2 heterocycles. The van der Waals surface area contributed by atoms with Crippen LogP contribution in [0.4, 0.5) is 19.0 Å². The van der Waals surface area contributed by atoms with Gasteiger partial charge in [0.25, 0.3) is 6.43 Å². The van der Waals surface area contributed by atoms with E-state index in [1.54, 1.807) is 0 Å². The molecule has 0 radical (unpaired) electrons. The molecule has 1 aromatic carbocycles. The number of pyridine rings is 1. The van der Waals surface area contributed by atoms with E-state index in [1.807, 2.05) is 0 Å². The Labute approximate surface area is 170 Å². The molecule has 0 aliphatic rings. The van der Waals surface area contributed by atoms with Crippen molar-refractivity contribution in [2.75, 3.05) is 11.6 Å². The summed E-state index contributed by atoms with van der Waals surface area (Å²) in [5.41, 5.74) is 0.483. The lowest BCUT2D eigenvalue weighted by Crippen LogP contribution is -2.15. The highest BCUT2D eigenvalue weighted by Gasteiger charge is 2.24. The third-order valence-electron chi connectivity index (χ3n) is 4.09. The van der Waals surface area contributed by atoms with Gasteiger partial charge in [-0.1, -0.05) is 17.7 Å². The van der Waals surface area contributed by atoms with Gasteiger partial charge in [0.15, 0.2) is 14.9 Å². The average Bonchev–Trinajstić information content (AvgIpc) is 3.04. The monoisotopic (exact) mass is 444 g/mol. The van der Waals surface area contributed by atoms with Crippen molar-refractivity contribution < 1.29 is 21.6 Å². The van der Waals surface area contributed by atoms with Crippen LogP contribution in [0, 0.1) is 12.7 Å². The second kappa shape index (κ2) is 8.03. The predicted octanol–water partition coefficient (Wildman–Crippen LogP) is 4.45. The Morgan fingerprint density at radius 1 is 1.17 bits per heavy atom. The molecular formula is C18H16ClF3N4O2S. The van der Waals surface area contributed by atoms with Crippen molar-refractivity contribution in [3.63, 3.8) is 0 Å². The number of H-pyrrole nitrogens is 1. The zero-order chi connectivity index (χ0) is 21.3. The standard InChI is InChI=1S/C18H16ClF3N4O2S/c1-9-18(29(2,27)28)26-17(24-9)15(10-3-4-13(20)12(19)7-10)25-14-8-11(16(21)22)5-6-23-14/h3-8,15-16H,1-2H3,(H,23,25)(H,24,26). The summed E-state index contributed by atoms with van der Waals surface area (Å²) >= 11 is 5.88. The summed E-state index contributed by atoms with van der Waals surface area (Å²) < 4.78 is 63.5. The van der Waals surface area contributed by atoms with E-state index in [-0.39, 0.29) is 27.3 Å². The van der Waals surface area contributed by atoms with Crippen LogP contribution in [0.2, 0.25) is 5.02 Å². The Morgan fingerprint density at radius 3 is 2.48 bits per heavy atom. The van der Waals surface area contributed by atoms with Crippen molar-refractivity contribution in [2.45, 2.75) is 24.4 Å². The second-order valence-electron chi connectivity index (χ2n) is 6.35. The number of halogens is 4. The number of nitrogens with one attached hydrogen (secondary N) is 2. The van der Waals surface area contributed by atoms with Crippen molar-refractivity contribution in [2.24, 2.45) is 0 Å². The number of benzene rings is 1. The van der Waals surface area contributed by atoms with Crippen LogP contribution < -0.4 is 5.32 Å². The number of rotatable bonds is 6. The number of sulfone groups is 1. The van der Waals surface area contributed by atoms with E-state index in [2.05, 4.69) is 20.3 Å². The van der Waals surface area contributed by atoms with Gasteiger partial charge in [-0.25, -0.2) is 31.6 Å². The Hall–Kier alpha value is -2.59. The molecular weight excluding hydrogens is 429 g/mol. The fraction of sp³-hybridized carbons (Fsp3) is 0.222. The maximum absolute atomic E-state index is 13.6. The lowest BCUT2D eigenvalue weighted by molar-refractivity contribution is 0.151. The molecule has 0 fully saturated rings. The van der Waals surface area contributed by atoms with E-state index in [1.165, 1.54) is 31.3 Å². The molecule has 0 aliphatic heterocycles. The predicted molar refractivity (Wildman–Crippen MR) is 103 cm³/mol. The molecule has 11 heteroatoms. The van der Waals surface area contributed by atoms with Crippen LogP contribution in [0.15, 0.2) is 41.6 Å². The van der Waals surface area contributed by atoms with Gasteiger partial charge in [0.1, 0.15) is 23.5 Å². The van der Waals surface area contributed by atoms with Crippen LogP contribution in [0.1, 0.15) is 35.1 Å². The van der Waals surface area contributed by atoms with Gasteiger partial charge in [0.05, 0.1) is 10.7 Å². The van der Waals surface area contributed by atoms with E-state index >= 15 is 0 Å². The van der Waals surface area contributed by atoms with Gasteiger partial charge in [0.2, 0.25) is 0 Å². The van der Waals surface area contributed by atoms with Crippen LogP contribution in [0.3, 0.4) is 0 Å². The summed E-state index contributed by atoms with van der Waals surface area (Å²) in [6.07, 6.45) is -0.460. The first kappa shape index (κ1) is 21.1. The molecule has 0 saturated carbocycles. The Balaban J connectivity index is 2.10. The third kappa shape index (κ3) is 4.70. The number of aryl methyl sites for hydroxylation is 1. The van der Waals surface area contributed by atoms with Gasteiger partial charge in [-0.2, -0.15) is 0 Å². The molecule has 6 nitrogen and oxygen atoms in total. The van der Waals surface area contributed by atoms with E-state index in [0.717, 1.165) is 18.4 Å². The van der Waals surface area contributed by atoms with Gasteiger partial charge in [0, 0.05) is 18.0 Å². The molecule has 3 rings (SSSR count). The van der Waals surface area contributed by atoms with Crippen molar-refractivity contribution in [1.29, 1.82) is 0 Å². The van der Waals surface area contributed by atoms with E-state index < -0.39 is 28.1 Å². The largest absolute Gasteiger partial charge is 0.356 e. The summed E-state index contributed by atoms with van der Waals surface area (Å²) in [6, 6.07) is 5.39. The minimum Gasteiger partial charge on any atom is -0.356 e. The Bertz CT molecular complexity index is 1150. The zero-order valence-corrected chi connectivity index (χ0v) is 16.8. The first-order chi connectivity index (χ1) is 13.6. The summed E-state index contributed by atoms with van der Waals surface area (Å²) in [5.74, 6) is -0.363. The normalized spacial score (nSPS) is 12.9. The number of aromatic nitrogens is 3. The van der Waals surface area contributed by atoms with Gasteiger partial charge in [-0.3, -0.25) is 0 Å². The molecule has 0 spiro atoms. The molecule has 0 aliphatic carbocycles. The summed E-state index contributed by atoms with van der Waals surface area (Å²) in [7, 11) is -3.61. The highest BCUT2D eigenvalue weighted by molar-refractivity contribution is 7.90. The minimum absolute atomic E-state index is 0.100. The van der Waals surface area contributed by atoms with Crippen LogP contribution in [-0.2, 0) is 9.84 Å². The van der Waals surface area contributed by atoms with E-state index in [9.17, 15) is 21.6 Å². The van der Waals surface area contributed by atoms with E-state index in [4.69, 9.17) is 11.6 Å². The average molecular weight is 445 g/mol. The van der Waals surface area contributed by atoms with Crippen molar-refractivity contribution in [3.05, 3.63) is 70.0 Å². The van der Waals surface area contributed by atoms with Gasteiger partial charge < -0.3 is 10.3 Å². The smallest absolute Gasteiger partial charge is 0.264 e. The maximum atomic E-state index is 13.6. The van der Waals surface area contributed by atoms with Crippen LogP contribution >= 0.6 is 11.6 Å². The molecule has 1 unspecified atom stereocenters. The number of nitrogens with zero attached hydrogens (tertiary/aromatic N) is 2. The van der Waals surface area contributed by atoms with Crippen LogP contribution in [-0.4, -0.2) is 29.6 Å². The number of aromatic amines is 1. The number of anilines is 1. The fourth-order valence-corrected chi connectivity index (χ4v) is 3.84. The summed E-state index contributed by atoms with van der Waals surface area (Å²) in [4.78, 5) is 11.0. The first-order valence-corrected chi connectivity index (χ1v) is 10.6. The lowest BCUT2D eigenvalue weighted by atomic mass is 10.1. The summed E-state index contributed by atoms with van der Waals surface area (Å²) in [6.45, 7) is 1.54. The molecule has 0 amide bonds. The zero-order valence-electron chi connectivity index (χ0n) is 15.2. The van der Waals surface area contributed by atoms with Gasteiger partial charge in [-0.15, -0.1) is 0 Å². The van der Waals surface area contributed by atoms with Crippen molar-refractivity contribution >= 4 is 27.3 Å². The minimum atomic E-state index is -3.61. The SMILES string of the molecule is Cc1[nH]c(C(Nc2cc(C(F)F)ccn2)c2ccc(F)c(Cl)c2)nc1S(C)(=O)=O. The van der Waals surface area contributed by atoms with Crippen LogP contribution in [0.5, 0.6) is 0 Å². The molecule has 0 saturated heterocycles. The fourth-order valence-electron chi connectivity index (χ4n) is 2.78.